The minimum atomic E-state index is 0.176. The second kappa shape index (κ2) is 3.98. The highest BCUT2D eigenvalue weighted by atomic mass is 16.3. The van der Waals surface area contributed by atoms with Gasteiger partial charge in [0, 0.05) is 18.6 Å². The van der Waals surface area contributed by atoms with Crippen molar-refractivity contribution in [2.75, 3.05) is 6.54 Å². The Morgan fingerprint density at radius 3 is 2.86 bits per heavy atom. The summed E-state index contributed by atoms with van der Waals surface area (Å²) in [6.07, 6.45) is 2.49. The van der Waals surface area contributed by atoms with Crippen LogP contribution >= 0.6 is 0 Å². The van der Waals surface area contributed by atoms with Crippen molar-refractivity contribution in [1.29, 1.82) is 0 Å². The molecule has 0 heterocycles. The van der Waals surface area contributed by atoms with Crippen molar-refractivity contribution in [3.63, 3.8) is 0 Å². The summed E-state index contributed by atoms with van der Waals surface area (Å²) in [5.41, 5.74) is 6.76. The average molecular weight is 192 g/mol. The molecule has 1 saturated carbocycles. The molecule has 1 unspecified atom stereocenters. The van der Waals surface area contributed by atoms with Crippen molar-refractivity contribution in [2.45, 2.75) is 24.9 Å². The molecule has 0 radical (unpaired) electrons. The van der Waals surface area contributed by atoms with Crippen LogP contribution in [0.25, 0.3) is 0 Å². The number of rotatable bonds is 4. The van der Waals surface area contributed by atoms with E-state index in [0.717, 1.165) is 5.56 Å². The van der Waals surface area contributed by atoms with E-state index in [1.807, 2.05) is 12.1 Å². The number of phenolic OH excluding ortho intramolecular Hbond substituents is 1. The topological polar surface area (TPSA) is 58.3 Å². The lowest BCUT2D eigenvalue weighted by molar-refractivity contribution is 0.470. The predicted molar refractivity (Wildman–Crippen MR) is 56.1 cm³/mol. The van der Waals surface area contributed by atoms with Crippen LogP contribution in [-0.2, 0) is 0 Å². The van der Waals surface area contributed by atoms with Crippen molar-refractivity contribution >= 4 is 0 Å². The Bertz CT molecular complexity index is 310. The summed E-state index contributed by atoms with van der Waals surface area (Å²) in [5, 5.41) is 12.8. The number of hydrogen-bond acceptors (Lipinski definition) is 3. The summed E-state index contributed by atoms with van der Waals surface area (Å²) in [6, 6.07) is 8.09. The molecule has 3 heteroatoms. The molecule has 4 N–H and O–H groups in total. The van der Waals surface area contributed by atoms with Gasteiger partial charge < -0.3 is 16.2 Å². The first kappa shape index (κ1) is 9.49. The fourth-order valence-corrected chi connectivity index (χ4v) is 1.58. The first-order chi connectivity index (χ1) is 6.79. The minimum absolute atomic E-state index is 0.176. The van der Waals surface area contributed by atoms with Gasteiger partial charge in [0.05, 0.1) is 0 Å². The third-order valence-electron chi connectivity index (χ3n) is 2.52. The molecule has 1 aliphatic carbocycles. The molecular weight excluding hydrogens is 176 g/mol. The van der Waals surface area contributed by atoms with E-state index in [9.17, 15) is 5.11 Å². The Morgan fingerprint density at radius 2 is 2.29 bits per heavy atom. The molecule has 0 saturated heterocycles. The Kier molecular flexibility index (Phi) is 2.70. The smallest absolute Gasteiger partial charge is 0.115 e. The van der Waals surface area contributed by atoms with Crippen molar-refractivity contribution in [3.8, 4) is 5.75 Å². The van der Waals surface area contributed by atoms with Gasteiger partial charge in [-0.2, -0.15) is 0 Å². The van der Waals surface area contributed by atoms with E-state index in [2.05, 4.69) is 5.32 Å². The second-order valence-electron chi connectivity index (χ2n) is 3.82. The maximum Gasteiger partial charge on any atom is 0.115 e. The highest BCUT2D eigenvalue weighted by molar-refractivity contribution is 5.29. The van der Waals surface area contributed by atoms with Gasteiger partial charge in [-0.05, 0) is 30.5 Å². The van der Waals surface area contributed by atoms with Gasteiger partial charge in [-0.15, -0.1) is 0 Å². The van der Waals surface area contributed by atoms with Gasteiger partial charge in [-0.3, -0.25) is 0 Å². The van der Waals surface area contributed by atoms with Crippen LogP contribution in [0.15, 0.2) is 24.3 Å². The standard InChI is InChI=1S/C11H16N2O/c12-7-11(13-9-4-5-9)8-2-1-3-10(14)6-8/h1-3,6,9,11,13-14H,4-5,7,12H2. The van der Waals surface area contributed by atoms with Crippen LogP contribution in [-0.4, -0.2) is 17.7 Å². The third kappa shape index (κ3) is 2.25. The van der Waals surface area contributed by atoms with Crippen LogP contribution in [0.2, 0.25) is 0 Å². The van der Waals surface area contributed by atoms with Crippen LogP contribution in [0.4, 0.5) is 0 Å². The summed E-state index contributed by atoms with van der Waals surface area (Å²) in [4.78, 5) is 0. The van der Waals surface area contributed by atoms with Crippen molar-refractivity contribution in [1.82, 2.24) is 5.32 Å². The Balaban J connectivity index is 2.08. The van der Waals surface area contributed by atoms with Crippen molar-refractivity contribution < 1.29 is 5.11 Å². The summed E-state index contributed by atoms with van der Waals surface area (Å²) in [5.74, 6) is 0.304. The van der Waals surface area contributed by atoms with Crippen LogP contribution in [0, 0.1) is 0 Å². The zero-order valence-corrected chi connectivity index (χ0v) is 8.11. The van der Waals surface area contributed by atoms with E-state index >= 15 is 0 Å². The lowest BCUT2D eigenvalue weighted by atomic mass is 10.1. The van der Waals surface area contributed by atoms with E-state index in [0.29, 0.717) is 18.3 Å². The van der Waals surface area contributed by atoms with Gasteiger partial charge in [0.25, 0.3) is 0 Å². The normalized spacial score (nSPS) is 18.1. The molecule has 0 aliphatic heterocycles. The third-order valence-corrected chi connectivity index (χ3v) is 2.52. The van der Waals surface area contributed by atoms with Gasteiger partial charge in [-0.25, -0.2) is 0 Å². The Hall–Kier alpha value is -1.06. The average Bonchev–Trinajstić information content (AvgIpc) is 2.98. The zero-order valence-electron chi connectivity index (χ0n) is 8.11. The van der Waals surface area contributed by atoms with Crippen LogP contribution in [0.3, 0.4) is 0 Å². The van der Waals surface area contributed by atoms with Gasteiger partial charge in [0.2, 0.25) is 0 Å². The second-order valence-corrected chi connectivity index (χ2v) is 3.82. The maximum absolute atomic E-state index is 9.34. The highest BCUT2D eigenvalue weighted by Crippen LogP contribution is 2.25. The predicted octanol–water partition coefficient (Wildman–Crippen LogP) is 1.14. The summed E-state index contributed by atoms with van der Waals surface area (Å²) >= 11 is 0. The van der Waals surface area contributed by atoms with Gasteiger partial charge >= 0.3 is 0 Å². The molecule has 0 spiro atoms. The molecule has 0 bridgehead atoms. The fourth-order valence-electron chi connectivity index (χ4n) is 1.58. The molecule has 14 heavy (non-hydrogen) atoms. The minimum Gasteiger partial charge on any atom is -0.508 e. The van der Waals surface area contributed by atoms with Crippen LogP contribution < -0.4 is 11.1 Å². The zero-order chi connectivity index (χ0) is 9.97. The number of hydrogen-bond donors (Lipinski definition) is 3. The largest absolute Gasteiger partial charge is 0.508 e. The Labute approximate surface area is 83.9 Å². The van der Waals surface area contributed by atoms with Gasteiger partial charge in [0.15, 0.2) is 0 Å². The number of phenols is 1. The maximum atomic E-state index is 9.34. The highest BCUT2D eigenvalue weighted by Gasteiger charge is 2.24. The lowest BCUT2D eigenvalue weighted by Gasteiger charge is -2.16. The van der Waals surface area contributed by atoms with E-state index in [1.54, 1.807) is 12.1 Å². The molecule has 1 aromatic carbocycles. The number of nitrogens with one attached hydrogen (secondary N) is 1. The molecular formula is C11H16N2O. The number of nitrogens with two attached hydrogens (primary N) is 1. The molecule has 1 aromatic rings. The lowest BCUT2D eigenvalue weighted by Crippen LogP contribution is -2.29. The van der Waals surface area contributed by atoms with Crippen LogP contribution in [0.1, 0.15) is 24.4 Å². The van der Waals surface area contributed by atoms with Crippen molar-refractivity contribution in [3.05, 3.63) is 29.8 Å². The molecule has 1 fully saturated rings. The molecule has 0 amide bonds. The summed E-state index contributed by atoms with van der Waals surface area (Å²) < 4.78 is 0. The monoisotopic (exact) mass is 192 g/mol. The van der Waals surface area contributed by atoms with Gasteiger partial charge in [0.1, 0.15) is 5.75 Å². The van der Waals surface area contributed by atoms with Gasteiger partial charge in [-0.1, -0.05) is 12.1 Å². The molecule has 3 nitrogen and oxygen atoms in total. The number of benzene rings is 1. The molecule has 0 aromatic heterocycles. The fraction of sp³-hybridized carbons (Fsp3) is 0.455. The van der Waals surface area contributed by atoms with Crippen LogP contribution in [0.5, 0.6) is 5.75 Å². The molecule has 2 rings (SSSR count). The quantitative estimate of drug-likeness (QED) is 0.670. The molecule has 1 atom stereocenters. The molecule has 1 aliphatic rings. The Morgan fingerprint density at radius 1 is 1.50 bits per heavy atom. The first-order valence-corrected chi connectivity index (χ1v) is 5.04. The summed E-state index contributed by atoms with van der Waals surface area (Å²) in [6.45, 7) is 0.569. The van der Waals surface area contributed by atoms with E-state index in [4.69, 9.17) is 5.73 Å². The van der Waals surface area contributed by atoms with E-state index in [1.165, 1.54) is 12.8 Å². The van der Waals surface area contributed by atoms with Crippen molar-refractivity contribution in [2.24, 2.45) is 5.73 Å². The van der Waals surface area contributed by atoms with E-state index < -0.39 is 0 Å². The molecule has 76 valence electrons. The first-order valence-electron chi connectivity index (χ1n) is 5.04. The summed E-state index contributed by atoms with van der Waals surface area (Å²) in [7, 11) is 0. The number of aromatic hydroxyl groups is 1. The SMILES string of the molecule is NCC(NC1CC1)c1cccc(O)c1. The van der Waals surface area contributed by atoms with E-state index in [-0.39, 0.29) is 6.04 Å².